The minimum atomic E-state index is -0.0616. The van der Waals surface area contributed by atoms with E-state index in [1.807, 2.05) is 30.1 Å². The number of anilines is 1. The molecule has 22 heavy (non-hydrogen) atoms. The molecule has 6 nitrogen and oxygen atoms in total. The Kier molecular flexibility index (Phi) is 4.90. The number of hydrogen-bond donors (Lipinski definition) is 1. The van der Waals surface area contributed by atoms with Crippen molar-refractivity contribution in [2.45, 2.75) is 18.9 Å². The molecule has 0 radical (unpaired) electrons. The summed E-state index contributed by atoms with van der Waals surface area (Å²) in [5, 5.41) is 3.05. The molecule has 3 heterocycles. The van der Waals surface area contributed by atoms with Gasteiger partial charge < -0.3 is 15.0 Å². The Bertz CT molecular complexity index is 517. The molecule has 2 aliphatic rings. The summed E-state index contributed by atoms with van der Waals surface area (Å²) in [6, 6.07) is 5.89. The van der Waals surface area contributed by atoms with Gasteiger partial charge in [-0.2, -0.15) is 0 Å². The number of carbonyl (C=O) groups excluding carboxylic acids is 1. The molecule has 0 bridgehead atoms. The first-order valence-corrected chi connectivity index (χ1v) is 8.02. The van der Waals surface area contributed by atoms with Crippen molar-refractivity contribution < 1.29 is 9.53 Å². The highest BCUT2D eigenvalue weighted by atomic mass is 16.5. The number of ether oxygens (including phenoxy) is 1. The summed E-state index contributed by atoms with van der Waals surface area (Å²) in [7, 11) is 1.86. The van der Waals surface area contributed by atoms with Crippen molar-refractivity contribution in [2.24, 2.45) is 0 Å². The Morgan fingerprint density at radius 3 is 2.95 bits per heavy atom. The van der Waals surface area contributed by atoms with Crippen molar-refractivity contribution in [1.82, 2.24) is 14.8 Å². The first-order valence-electron chi connectivity index (χ1n) is 8.02. The minimum Gasteiger partial charge on any atom is -0.373 e. The van der Waals surface area contributed by atoms with Gasteiger partial charge in [0, 0.05) is 33.2 Å². The predicted octanol–water partition coefficient (Wildman–Crippen LogP) is 1.12. The van der Waals surface area contributed by atoms with Crippen molar-refractivity contribution >= 4 is 11.7 Å². The number of rotatable bonds is 4. The van der Waals surface area contributed by atoms with E-state index in [2.05, 4.69) is 15.2 Å². The highest BCUT2D eigenvalue weighted by molar-refractivity contribution is 5.78. The van der Waals surface area contributed by atoms with Crippen LogP contribution < -0.4 is 5.32 Å². The molecule has 3 rings (SSSR count). The maximum atomic E-state index is 12.3. The van der Waals surface area contributed by atoms with Crippen LogP contribution in [-0.2, 0) is 9.53 Å². The minimum absolute atomic E-state index is 0.0616. The first kappa shape index (κ1) is 15.2. The second kappa shape index (κ2) is 7.07. The van der Waals surface area contributed by atoms with Gasteiger partial charge in [-0.25, -0.2) is 4.98 Å². The molecule has 2 saturated heterocycles. The Morgan fingerprint density at radius 2 is 2.18 bits per heavy atom. The Hall–Kier alpha value is -1.66. The largest absolute Gasteiger partial charge is 0.373 e. The third-order valence-electron chi connectivity index (χ3n) is 4.32. The number of carbonyl (C=O) groups is 1. The summed E-state index contributed by atoms with van der Waals surface area (Å²) in [6.07, 6.45) is 2.21. The monoisotopic (exact) mass is 304 g/mol. The summed E-state index contributed by atoms with van der Waals surface area (Å²) in [5.74, 6) is 1.08. The van der Waals surface area contributed by atoms with Crippen molar-refractivity contribution in [3.8, 4) is 0 Å². The lowest BCUT2D eigenvalue weighted by atomic mass is 10.2. The molecular weight excluding hydrogens is 280 g/mol. The number of aromatic nitrogens is 1. The van der Waals surface area contributed by atoms with E-state index >= 15 is 0 Å². The number of likely N-dealkylation sites (tertiary alicyclic amines) is 1. The second-order valence-corrected chi connectivity index (χ2v) is 5.88. The number of nitrogens with zero attached hydrogens (tertiary/aromatic N) is 3. The quantitative estimate of drug-likeness (QED) is 0.903. The van der Waals surface area contributed by atoms with Gasteiger partial charge in [0.25, 0.3) is 0 Å². The fraction of sp³-hybridized carbons (Fsp3) is 0.625. The smallest absolute Gasteiger partial charge is 0.236 e. The highest BCUT2D eigenvalue weighted by Gasteiger charge is 2.26. The number of amides is 1. The van der Waals surface area contributed by atoms with E-state index in [4.69, 9.17) is 4.74 Å². The molecule has 2 aliphatic heterocycles. The van der Waals surface area contributed by atoms with E-state index in [1.54, 1.807) is 0 Å². The standard InChI is InChI=1S/C16H24N4O2/c1-17-15-6-4-5-13(18-15)14-11-19(9-10-22-14)12-16(21)20-7-2-3-8-20/h4-6,14H,2-3,7-12H2,1H3,(H,17,18)/t14-/m0/s1. The van der Waals surface area contributed by atoms with E-state index in [0.29, 0.717) is 13.2 Å². The average molecular weight is 304 g/mol. The zero-order valence-corrected chi connectivity index (χ0v) is 13.1. The lowest BCUT2D eigenvalue weighted by molar-refractivity contribution is -0.133. The third kappa shape index (κ3) is 3.56. The van der Waals surface area contributed by atoms with Crippen LogP contribution in [-0.4, -0.2) is 67.1 Å². The molecule has 0 spiro atoms. The van der Waals surface area contributed by atoms with Gasteiger partial charge in [0.2, 0.25) is 5.91 Å². The molecule has 0 aliphatic carbocycles. The van der Waals surface area contributed by atoms with E-state index in [-0.39, 0.29) is 12.0 Å². The highest BCUT2D eigenvalue weighted by Crippen LogP contribution is 2.22. The summed E-state index contributed by atoms with van der Waals surface area (Å²) < 4.78 is 5.84. The summed E-state index contributed by atoms with van der Waals surface area (Å²) in [6.45, 7) is 4.49. The SMILES string of the molecule is CNc1cccc([C@@H]2CN(CC(=O)N3CCCC3)CCO2)n1. The van der Waals surface area contributed by atoms with Crippen LogP contribution in [0.1, 0.15) is 24.6 Å². The fourth-order valence-corrected chi connectivity index (χ4v) is 3.05. The predicted molar refractivity (Wildman–Crippen MR) is 84.7 cm³/mol. The molecular formula is C16H24N4O2. The molecule has 0 unspecified atom stereocenters. The Morgan fingerprint density at radius 1 is 1.36 bits per heavy atom. The van der Waals surface area contributed by atoms with E-state index < -0.39 is 0 Å². The molecule has 0 aromatic carbocycles. The summed E-state index contributed by atoms with van der Waals surface area (Å²) in [5.41, 5.74) is 0.921. The van der Waals surface area contributed by atoms with Crippen LogP contribution in [0, 0.1) is 0 Å². The van der Waals surface area contributed by atoms with Crippen LogP contribution in [0.5, 0.6) is 0 Å². The van der Waals surface area contributed by atoms with E-state index in [1.165, 1.54) is 0 Å². The lowest BCUT2D eigenvalue weighted by Gasteiger charge is -2.33. The van der Waals surface area contributed by atoms with Crippen LogP contribution in [0.15, 0.2) is 18.2 Å². The molecule has 6 heteroatoms. The molecule has 2 fully saturated rings. The van der Waals surface area contributed by atoms with Crippen LogP contribution in [0.2, 0.25) is 0 Å². The molecule has 1 N–H and O–H groups in total. The second-order valence-electron chi connectivity index (χ2n) is 5.88. The average Bonchev–Trinajstić information content (AvgIpc) is 3.10. The van der Waals surface area contributed by atoms with Gasteiger partial charge in [0.15, 0.2) is 0 Å². The number of nitrogens with one attached hydrogen (secondary N) is 1. The topological polar surface area (TPSA) is 57.7 Å². The molecule has 1 atom stereocenters. The van der Waals surface area contributed by atoms with Crippen LogP contribution >= 0.6 is 0 Å². The van der Waals surface area contributed by atoms with Gasteiger partial charge in [-0.1, -0.05) is 6.07 Å². The van der Waals surface area contributed by atoms with Crippen LogP contribution in [0.3, 0.4) is 0 Å². The van der Waals surface area contributed by atoms with Gasteiger partial charge in [0.05, 0.1) is 18.8 Å². The Labute approximate surface area is 131 Å². The normalized spacial score (nSPS) is 22.8. The fourth-order valence-electron chi connectivity index (χ4n) is 3.05. The van der Waals surface area contributed by atoms with Gasteiger partial charge in [-0.15, -0.1) is 0 Å². The van der Waals surface area contributed by atoms with Crippen molar-refractivity contribution in [3.05, 3.63) is 23.9 Å². The molecule has 1 aromatic heterocycles. The lowest BCUT2D eigenvalue weighted by Crippen LogP contribution is -2.45. The van der Waals surface area contributed by atoms with Crippen molar-refractivity contribution in [2.75, 3.05) is 51.7 Å². The molecule has 0 saturated carbocycles. The molecule has 1 amide bonds. The van der Waals surface area contributed by atoms with Crippen LogP contribution in [0.4, 0.5) is 5.82 Å². The van der Waals surface area contributed by atoms with Crippen molar-refractivity contribution in [1.29, 1.82) is 0 Å². The summed E-state index contributed by atoms with van der Waals surface area (Å²) >= 11 is 0. The third-order valence-corrected chi connectivity index (χ3v) is 4.32. The molecule has 120 valence electrons. The number of hydrogen-bond acceptors (Lipinski definition) is 5. The Balaban J connectivity index is 1.59. The zero-order chi connectivity index (χ0) is 15.4. The maximum Gasteiger partial charge on any atom is 0.236 e. The zero-order valence-electron chi connectivity index (χ0n) is 13.1. The van der Waals surface area contributed by atoms with Crippen LogP contribution in [0.25, 0.3) is 0 Å². The first-order chi connectivity index (χ1) is 10.8. The maximum absolute atomic E-state index is 12.3. The van der Waals surface area contributed by atoms with Gasteiger partial charge in [-0.3, -0.25) is 9.69 Å². The van der Waals surface area contributed by atoms with Gasteiger partial charge in [0.1, 0.15) is 11.9 Å². The van der Waals surface area contributed by atoms with Crippen molar-refractivity contribution in [3.63, 3.8) is 0 Å². The van der Waals surface area contributed by atoms with E-state index in [9.17, 15) is 4.79 Å². The van der Waals surface area contributed by atoms with E-state index in [0.717, 1.165) is 50.5 Å². The van der Waals surface area contributed by atoms with Gasteiger partial charge in [-0.05, 0) is 25.0 Å². The number of pyridine rings is 1. The van der Waals surface area contributed by atoms with Gasteiger partial charge >= 0.3 is 0 Å². The summed E-state index contributed by atoms with van der Waals surface area (Å²) in [4.78, 5) is 21.0. The molecule has 1 aromatic rings. The number of morpholine rings is 1.